The highest BCUT2D eigenvalue weighted by Crippen LogP contribution is 2.27. The van der Waals surface area contributed by atoms with Gasteiger partial charge in [-0.2, -0.15) is 5.10 Å². The van der Waals surface area contributed by atoms with E-state index >= 15 is 0 Å². The molecule has 0 amide bonds. The van der Waals surface area contributed by atoms with Gasteiger partial charge >= 0.3 is 0 Å². The Balaban J connectivity index is 2.07. The summed E-state index contributed by atoms with van der Waals surface area (Å²) in [6.07, 6.45) is 4.76. The largest absolute Gasteiger partial charge is 0.300 e. The van der Waals surface area contributed by atoms with Crippen molar-refractivity contribution >= 4 is 12.2 Å². The van der Waals surface area contributed by atoms with Crippen molar-refractivity contribution in [3.05, 3.63) is 34.1 Å². The van der Waals surface area contributed by atoms with Crippen LogP contribution in [0.25, 0.3) is 11.4 Å². The standard InChI is InChI=1S/C14H17N3S/c1-2-8-17-13(15-16-14(17)18)12-7-6-10-4-3-5-11(10)9-12/h6-7,9H,2-5,8H2,1H3,(H,16,18). The first-order chi connectivity index (χ1) is 8.79. The molecular weight excluding hydrogens is 242 g/mol. The molecule has 1 aliphatic carbocycles. The quantitative estimate of drug-likeness (QED) is 0.856. The Morgan fingerprint density at radius 2 is 2.17 bits per heavy atom. The molecule has 0 fully saturated rings. The summed E-state index contributed by atoms with van der Waals surface area (Å²) in [5.41, 5.74) is 4.15. The van der Waals surface area contributed by atoms with Crippen LogP contribution < -0.4 is 0 Å². The third-order valence-corrected chi connectivity index (χ3v) is 3.87. The lowest BCUT2D eigenvalue weighted by atomic mass is 10.1. The van der Waals surface area contributed by atoms with Crippen molar-refractivity contribution in [3.63, 3.8) is 0 Å². The number of nitrogens with one attached hydrogen (secondary N) is 1. The normalized spacial score (nSPS) is 13.8. The number of H-pyrrole nitrogens is 1. The summed E-state index contributed by atoms with van der Waals surface area (Å²) in [5, 5.41) is 7.28. The van der Waals surface area contributed by atoms with Crippen molar-refractivity contribution in [2.24, 2.45) is 0 Å². The molecule has 0 radical (unpaired) electrons. The zero-order valence-corrected chi connectivity index (χ0v) is 11.4. The van der Waals surface area contributed by atoms with E-state index in [-0.39, 0.29) is 0 Å². The van der Waals surface area contributed by atoms with Crippen LogP contribution in [0.1, 0.15) is 30.9 Å². The number of hydrogen-bond acceptors (Lipinski definition) is 2. The summed E-state index contributed by atoms with van der Waals surface area (Å²) in [4.78, 5) is 0. The van der Waals surface area contributed by atoms with Gasteiger partial charge in [0, 0.05) is 12.1 Å². The first kappa shape index (κ1) is 11.7. The minimum Gasteiger partial charge on any atom is -0.300 e. The number of fused-ring (bicyclic) bond motifs is 1. The average Bonchev–Trinajstić information content (AvgIpc) is 2.97. The monoisotopic (exact) mass is 259 g/mol. The van der Waals surface area contributed by atoms with Gasteiger partial charge in [-0.1, -0.05) is 19.1 Å². The lowest BCUT2D eigenvalue weighted by Gasteiger charge is -2.07. The number of hydrogen-bond donors (Lipinski definition) is 1. The fraction of sp³-hybridized carbons (Fsp3) is 0.429. The van der Waals surface area contributed by atoms with Gasteiger partial charge in [-0.25, -0.2) is 0 Å². The third-order valence-electron chi connectivity index (χ3n) is 3.56. The molecule has 1 N–H and O–H groups in total. The number of nitrogens with zero attached hydrogens (tertiary/aromatic N) is 2. The van der Waals surface area contributed by atoms with Crippen molar-refractivity contribution in [1.82, 2.24) is 14.8 Å². The van der Waals surface area contributed by atoms with Gasteiger partial charge < -0.3 is 4.57 Å². The van der Waals surface area contributed by atoms with Crippen LogP contribution in [0, 0.1) is 4.77 Å². The number of aromatic amines is 1. The molecule has 0 unspecified atom stereocenters. The second-order valence-corrected chi connectivity index (χ2v) is 5.23. The van der Waals surface area contributed by atoms with Gasteiger partial charge in [0.25, 0.3) is 0 Å². The molecule has 1 aliphatic rings. The molecule has 1 aromatic heterocycles. The zero-order valence-electron chi connectivity index (χ0n) is 10.6. The van der Waals surface area contributed by atoms with Gasteiger partial charge in [0.1, 0.15) is 0 Å². The molecule has 3 rings (SSSR count). The van der Waals surface area contributed by atoms with E-state index in [2.05, 4.69) is 39.9 Å². The van der Waals surface area contributed by atoms with E-state index in [0.717, 1.165) is 18.8 Å². The van der Waals surface area contributed by atoms with Crippen LogP contribution in [0.5, 0.6) is 0 Å². The molecule has 0 saturated heterocycles. The number of benzene rings is 1. The first-order valence-electron chi connectivity index (χ1n) is 6.57. The second kappa shape index (κ2) is 4.69. The Kier molecular flexibility index (Phi) is 3.04. The van der Waals surface area contributed by atoms with Gasteiger partial charge in [-0.15, -0.1) is 0 Å². The van der Waals surface area contributed by atoms with Crippen LogP contribution in [0.3, 0.4) is 0 Å². The fourth-order valence-electron chi connectivity index (χ4n) is 2.68. The number of rotatable bonds is 3. The summed E-state index contributed by atoms with van der Waals surface area (Å²) in [7, 11) is 0. The van der Waals surface area contributed by atoms with E-state index in [1.807, 2.05) is 0 Å². The summed E-state index contributed by atoms with van der Waals surface area (Å²) < 4.78 is 2.80. The molecule has 0 atom stereocenters. The first-order valence-corrected chi connectivity index (χ1v) is 6.98. The molecule has 0 saturated carbocycles. The molecule has 2 aromatic rings. The van der Waals surface area contributed by atoms with Gasteiger partial charge in [-0.3, -0.25) is 5.10 Å². The highest BCUT2D eigenvalue weighted by molar-refractivity contribution is 7.71. The maximum absolute atomic E-state index is 5.28. The Labute approximate surface area is 112 Å². The van der Waals surface area contributed by atoms with Gasteiger partial charge in [-0.05, 0) is 55.1 Å². The van der Waals surface area contributed by atoms with Crippen LogP contribution in [0.15, 0.2) is 18.2 Å². The highest BCUT2D eigenvalue weighted by atomic mass is 32.1. The van der Waals surface area contributed by atoms with Crippen molar-refractivity contribution in [2.75, 3.05) is 0 Å². The lowest BCUT2D eigenvalue weighted by molar-refractivity contribution is 0.675. The minimum atomic E-state index is 0.715. The molecule has 18 heavy (non-hydrogen) atoms. The summed E-state index contributed by atoms with van der Waals surface area (Å²) in [6.45, 7) is 3.07. The van der Waals surface area contributed by atoms with Gasteiger partial charge in [0.2, 0.25) is 0 Å². The Morgan fingerprint density at radius 1 is 1.33 bits per heavy atom. The maximum Gasteiger partial charge on any atom is 0.195 e. The molecular formula is C14H17N3S. The Hall–Kier alpha value is -1.42. The minimum absolute atomic E-state index is 0.715. The van der Waals surface area contributed by atoms with E-state index in [4.69, 9.17) is 12.2 Å². The average molecular weight is 259 g/mol. The SMILES string of the molecule is CCCn1c(-c2ccc3c(c2)CCC3)n[nH]c1=S. The van der Waals surface area contributed by atoms with E-state index in [0.29, 0.717) is 4.77 Å². The van der Waals surface area contributed by atoms with E-state index in [1.165, 1.54) is 36.0 Å². The smallest absolute Gasteiger partial charge is 0.195 e. The molecule has 0 bridgehead atoms. The van der Waals surface area contributed by atoms with Crippen molar-refractivity contribution in [3.8, 4) is 11.4 Å². The molecule has 1 aromatic carbocycles. The predicted octanol–water partition coefficient (Wildman–Crippen LogP) is 3.51. The fourth-order valence-corrected chi connectivity index (χ4v) is 2.90. The molecule has 4 heteroatoms. The van der Waals surface area contributed by atoms with E-state index < -0.39 is 0 Å². The highest BCUT2D eigenvalue weighted by Gasteiger charge is 2.14. The van der Waals surface area contributed by atoms with E-state index in [1.54, 1.807) is 0 Å². The summed E-state index contributed by atoms with van der Waals surface area (Å²) in [6, 6.07) is 6.69. The van der Waals surface area contributed by atoms with Crippen LogP contribution >= 0.6 is 12.2 Å². The van der Waals surface area contributed by atoms with Crippen LogP contribution in [-0.2, 0) is 19.4 Å². The zero-order chi connectivity index (χ0) is 12.5. The molecule has 3 nitrogen and oxygen atoms in total. The molecule has 0 spiro atoms. The molecule has 0 aliphatic heterocycles. The van der Waals surface area contributed by atoms with Crippen LogP contribution in [0.4, 0.5) is 0 Å². The van der Waals surface area contributed by atoms with Crippen molar-refractivity contribution in [2.45, 2.75) is 39.2 Å². The number of aryl methyl sites for hydroxylation is 2. The van der Waals surface area contributed by atoms with E-state index in [9.17, 15) is 0 Å². The predicted molar refractivity (Wildman–Crippen MR) is 75.2 cm³/mol. The summed E-state index contributed by atoms with van der Waals surface area (Å²) >= 11 is 5.28. The van der Waals surface area contributed by atoms with Crippen LogP contribution in [0.2, 0.25) is 0 Å². The maximum atomic E-state index is 5.28. The molecule has 1 heterocycles. The van der Waals surface area contributed by atoms with Crippen molar-refractivity contribution < 1.29 is 0 Å². The Morgan fingerprint density at radius 3 is 3.00 bits per heavy atom. The topological polar surface area (TPSA) is 33.6 Å². The van der Waals surface area contributed by atoms with Crippen LogP contribution in [-0.4, -0.2) is 14.8 Å². The third kappa shape index (κ3) is 1.90. The summed E-state index contributed by atoms with van der Waals surface area (Å²) in [5.74, 6) is 0.969. The lowest BCUT2D eigenvalue weighted by Crippen LogP contribution is -2.00. The second-order valence-electron chi connectivity index (χ2n) is 4.84. The van der Waals surface area contributed by atoms with Gasteiger partial charge in [0.15, 0.2) is 10.6 Å². The molecule has 94 valence electrons. The van der Waals surface area contributed by atoms with Crippen molar-refractivity contribution in [1.29, 1.82) is 0 Å². The number of aromatic nitrogens is 3. The Bertz CT molecular complexity index is 624. The van der Waals surface area contributed by atoms with Gasteiger partial charge in [0.05, 0.1) is 0 Å².